The van der Waals surface area contributed by atoms with Crippen molar-refractivity contribution in [1.29, 1.82) is 0 Å². The molecular weight excluding hydrogens is 422 g/mol. The van der Waals surface area contributed by atoms with E-state index in [-0.39, 0.29) is 0 Å². The van der Waals surface area contributed by atoms with Gasteiger partial charge in [-0.1, -0.05) is 54.9 Å². The first-order valence-electron chi connectivity index (χ1n) is 11.0. The summed E-state index contributed by atoms with van der Waals surface area (Å²) in [6.07, 6.45) is 5.38. The molecule has 7 heteroatoms. The second kappa shape index (κ2) is 9.09. The first-order chi connectivity index (χ1) is 15.7. The van der Waals surface area contributed by atoms with E-state index in [0.29, 0.717) is 17.5 Å². The van der Waals surface area contributed by atoms with Gasteiger partial charge >= 0.3 is 0 Å². The lowest BCUT2D eigenvalue weighted by Crippen LogP contribution is -2.10. The number of benzene rings is 2. The SMILES string of the molecule is CCc1cc(OCc2ccc(-c3ccccc3-c3nn[nH]n3)c(Cl)c2)c2c(n1)CCCC2. The average Bonchev–Trinajstić information content (AvgIpc) is 3.37. The molecule has 0 aliphatic heterocycles. The van der Waals surface area contributed by atoms with E-state index in [2.05, 4.69) is 39.7 Å². The van der Waals surface area contributed by atoms with Gasteiger partial charge in [-0.15, -0.1) is 10.2 Å². The molecule has 0 saturated carbocycles. The van der Waals surface area contributed by atoms with Crippen LogP contribution in [0.3, 0.4) is 0 Å². The highest BCUT2D eigenvalue weighted by Crippen LogP contribution is 2.35. The number of rotatable bonds is 6. The number of pyridine rings is 1. The number of H-pyrrole nitrogens is 1. The fourth-order valence-electron chi connectivity index (χ4n) is 4.25. The van der Waals surface area contributed by atoms with Crippen LogP contribution < -0.4 is 4.74 Å². The normalized spacial score (nSPS) is 13.1. The van der Waals surface area contributed by atoms with Crippen molar-refractivity contribution in [3.05, 3.63) is 76.1 Å². The number of tetrazole rings is 1. The molecule has 0 saturated heterocycles. The average molecular weight is 446 g/mol. The van der Waals surface area contributed by atoms with Crippen LogP contribution in [0.25, 0.3) is 22.5 Å². The van der Waals surface area contributed by atoms with Gasteiger partial charge in [0.2, 0.25) is 5.82 Å². The maximum atomic E-state index is 6.71. The third-order valence-electron chi connectivity index (χ3n) is 5.91. The van der Waals surface area contributed by atoms with Gasteiger partial charge in [0, 0.05) is 39.2 Å². The predicted octanol–water partition coefficient (Wildman–Crippen LogP) is 5.60. The van der Waals surface area contributed by atoms with E-state index in [1.807, 2.05) is 36.4 Å². The summed E-state index contributed by atoms with van der Waals surface area (Å²) in [4.78, 5) is 4.82. The van der Waals surface area contributed by atoms with E-state index in [1.165, 1.54) is 24.1 Å². The number of halogens is 1. The number of aryl methyl sites for hydroxylation is 2. The van der Waals surface area contributed by atoms with Gasteiger partial charge in [-0.05, 0) is 54.5 Å². The topological polar surface area (TPSA) is 76.6 Å². The first-order valence-corrected chi connectivity index (χ1v) is 11.4. The number of hydrogen-bond acceptors (Lipinski definition) is 5. The van der Waals surface area contributed by atoms with Crippen molar-refractivity contribution in [2.45, 2.75) is 45.6 Å². The Bertz CT molecular complexity index is 1240. The Labute approximate surface area is 192 Å². The van der Waals surface area contributed by atoms with E-state index < -0.39 is 0 Å². The fourth-order valence-corrected chi connectivity index (χ4v) is 4.55. The van der Waals surface area contributed by atoms with E-state index in [9.17, 15) is 0 Å². The number of ether oxygens (including phenoxy) is 1. The summed E-state index contributed by atoms with van der Waals surface area (Å²) in [6, 6.07) is 16.1. The minimum atomic E-state index is 0.464. The molecule has 0 spiro atoms. The zero-order valence-corrected chi connectivity index (χ0v) is 18.7. The Morgan fingerprint density at radius 1 is 1.00 bits per heavy atom. The van der Waals surface area contributed by atoms with E-state index in [4.69, 9.17) is 21.3 Å². The molecule has 4 aromatic rings. The third kappa shape index (κ3) is 4.10. The van der Waals surface area contributed by atoms with Crippen LogP contribution in [0.4, 0.5) is 0 Å². The van der Waals surface area contributed by atoms with Crippen LogP contribution in [0.2, 0.25) is 5.02 Å². The maximum Gasteiger partial charge on any atom is 0.205 e. The molecule has 2 aromatic heterocycles. The molecule has 1 aliphatic carbocycles. The molecule has 6 nitrogen and oxygen atoms in total. The van der Waals surface area contributed by atoms with Gasteiger partial charge < -0.3 is 4.74 Å². The fraction of sp³-hybridized carbons (Fsp3) is 0.280. The zero-order chi connectivity index (χ0) is 21.9. The van der Waals surface area contributed by atoms with E-state index in [1.54, 1.807) is 0 Å². The standard InChI is InChI=1S/C25H24ClN5O/c1-2-17-14-24(21-9-5-6-10-23(21)27-17)32-15-16-11-12-19(22(26)13-16)18-7-3-4-8-20(18)25-28-30-31-29-25/h3-4,7-8,11-14H,2,5-6,9-10,15H2,1H3,(H,28,29,30,31). The van der Waals surface area contributed by atoms with Crippen LogP contribution in [0.1, 0.15) is 42.3 Å². The lowest BCUT2D eigenvalue weighted by Gasteiger charge is -2.20. The van der Waals surface area contributed by atoms with Gasteiger partial charge in [0.25, 0.3) is 0 Å². The van der Waals surface area contributed by atoms with Crippen molar-refractivity contribution < 1.29 is 4.74 Å². The smallest absolute Gasteiger partial charge is 0.205 e. The predicted molar refractivity (Wildman–Crippen MR) is 125 cm³/mol. The first kappa shape index (κ1) is 20.6. The summed E-state index contributed by atoms with van der Waals surface area (Å²) in [5, 5.41) is 15.1. The van der Waals surface area contributed by atoms with Crippen molar-refractivity contribution in [2.24, 2.45) is 0 Å². The lowest BCUT2D eigenvalue weighted by molar-refractivity contribution is 0.300. The Morgan fingerprint density at radius 2 is 1.84 bits per heavy atom. The van der Waals surface area contributed by atoms with E-state index >= 15 is 0 Å². The van der Waals surface area contributed by atoms with Gasteiger partial charge in [0.15, 0.2) is 0 Å². The second-order valence-corrected chi connectivity index (χ2v) is 8.39. The van der Waals surface area contributed by atoms with E-state index in [0.717, 1.165) is 53.0 Å². The molecule has 0 unspecified atom stereocenters. The summed E-state index contributed by atoms with van der Waals surface area (Å²) in [5.74, 6) is 1.51. The summed E-state index contributed by atoms with van der Waals surface area (Å²) in [5.41, 5.74) is 7.35. The minimum Gasteiger partial charge on any atom is -0.488 e. The van der Waals surface area contributed by atoms with Gasteiger partial charge in [0.1, 0.15) is 12.4 Å². The molecule has 0 amide bonds. The third-order valence-corrected chi connectivity index (χ3v) is 6.22. The monoisotopic (exact) mass is 445 g/mol. The molecule has 2 heterocycles. The maximum absolute atomic E-state index is 6.71. The molecule has 5 rings (SSSR count). The Morgan fingerprint density at radius 3 is 2.62 bits per heavy atom. The van der Waals surface area contributed by atoms with Crippen molar-refractivity contribution in [3.63, 3.8) is 0 Å². The van der Waals surface area contributed by atoms with Crippen LogP contribution in [0, 0.1) is 0 Å². The second-order valence-electron chi connectivity index (χ2n) is 7.98. The van der Waals surface area contributed by atoms with Crippen molar-refractivity contribution in [2.75, 3.05) is 0 Å². The van der Waals surface area contributed by atoms with Gasteiger partial charge in [-0.25, -0.2) is 0 Å². The van der Waals surface area contributed by atoms with Crippen LogP contribution in [-0.2, 0) is 25.9 Å². The Kier molecular flexibility index (Phi) is 5.86. The Balaban J connectivity index is 1.40. The molecule has 162 valence electrons. The van der Waals surface area contributed by atoms with Crippen LogP contribution in [0.15, 0.2) is 48.5 Å². The number of hydrogen-bond donors (Lipinski definition) is 1. The van der Waals surface area contributed by atoms with Crippen LogP contribution in [-0.4, -0.2) is 25.6 Å². The molecule has 2 aromatic carbocycles. The highest BCUT2D eigenvalue weighted by molar-refractivity contribution is 6.33. The number of nitrogens with one attached hydrogen (secondary N) is 1. The summed E-state index contributed by atoms with van der Waals surface area (Å²) >= 11 is 6.71. The Hall–Kier alpha value is -3.25. The largest absolute Gasteiger partial charge is 0.488 e. The number of fused-ring (bicyclic) bond motifs is 1. The van der Waals surface area contributed by atoms with Gasteiger partial charge in [-0.2, -0.15) is 5.21 Å². The summed E-state index contributed by atoms with van der Waals surface area (Å²) in [6.45, 7) is 2.60. The molecule has 1 N–H and O–H groups in total. The zero-order valence-electron chi connectivity index (χ0n) is 17.9. The molecular formula is C25H24ClN5O. The molecule has 1 aliphatic rings. The van der Waals surface area contributed by atoms with Crippen LogP contribution in [0.5, 0.6) is 5.75 Å². The molecule has 0 radical (unpaired) electrons. The molecule has 0 bridgehead atoms. The molecule has 0 atom stereocenters. The minimum absolute atomic E-state index is 0.464. The summed E-state index contributed by atoms with van der Waals surface area (Å²) in [7, 11) is 0. The quantitative estimate of drug-likeness (QED) is 0.418. The van der Waals surface area contributed by atoms with Gasteiger partial charge in [-0.3, -0.25) is 4.98 Å². The van der Waals surface area contributed by atoms with Crippen molar-refractivity contribution in [1.82, 2.24) is 25.6 Å². The van der Waals surface area contributed by atoms with Crippen LogP contribution >= 0.6 is 11.6 Å². The highest BCUT2D eigenvalue weighted by Gasteiger charge is 2.18. The number of aromatic nitrogens is 5. The summed E-state index contributed by atoms with van der Waals surface area (Å²) < 4.78 is 6.29. The molecule has 0 fully saturated rings. The number of aromatic amines is 1. The van der Waals surface area contributed by atoms with Crippen molar-refractivity contribution in [3.8, 4) is 28.3 Å². The number of nitrogens with zero attached hydrogens (tertiary/aromatic N) is 4. The van der Waals surface area contributed by atoms with Gasteiger partial charge in [0.05, 0.1) is 0 Å². The highest BCUT2D eigenvalue weighted by atomic mass is 35.5. The lowest BCUT2D eigenvalue weighted by atomic mass is 9.94. The molecule has 32 heavy (non-hydrogen) atoms. The van der Waals surface area contributed by atoms with Crippen molar-refractivity contribution >= 4 is 11.6 Å².